The predicted molar refractivity (Wildman–Crippen MR) is 201 cm³/mol. The Kier molecular flexibility index (Phi) is 12.1. The van der Waals surface area contributed by atoms with Crippen LogP contribution in [0.15, 0.2) is 161 Å². The van der Waals surface area contributed by atoms with Gasteiger partial charge in [0.15, 0.2) is 17.7 Å². The fourth-order valence-electron chi connectivity index (χ4n) is 4.76. The van der Waals surface area contributed by atoms with Crippen LogP contribution in [-0.4, -0.2) is 27.0 Å². The SMILES string of the molecule is Brc1cnc2nc(-c3ccccc3)c(-c3ccccc3)cc2c1.Nc1ncc(Br)cc1C=O.O=C(Cc1ccccc1)c1ccccc1. The standard InChI is InChI=1S/C20H13BrN2.C14H12O.C6H5BrN2O/c21-17-11-16-12-18(14-7-3-1-4-8-14)19(23-20(16)22-13-17)15-9-5-2-6-10-15;15-14(13-9-5-2-6-10-13)11-12-7-3-1-4-8-12;7-5-1-4(3-10)6(8)9-2-5/h1-13H;1-10H,11H2;1-3H,(H2,8,9). The molecular weight excluding hydrogens is 728 g/mol. The molecule has 6 nitrogen and oxygen atoms in total. The fraction of sp³-hybridized carbons (Fsp3) is 0.0250. The molecule has 0 aliphatic carbocycles. The summed E-state index contributed by atoms with van der Waals surface area (Å²) >= 11 is 6.65. The molecular formula is C40H30Br2N4O2. The average Bonchev–Trinajstić information content (AvgIpc) is 3.14. The number of nitrogens with two attached hydrogens (primary N) is 1. The minimum absolute atomic E-state index is 0.168. The van der Waals surface area contributed by atoms with E-state index in [0.717, 1.165) is 53.5 Å². The molecule has 0 amide bonds. The molecule has 236 valence electrons. The smallest absolute Gasteiger partial charge is 0.167 e. The molecule has 0 spiro atoms. The van der Waals surface area contributed by atoms with E-state index in [0.29, 0.717) is 18.3 Å². The Balaban J connectivity index is 0.000000155. The number of carbonyl (C=O) groups is 2. The van der Waals surface area contributed by atoms with Gasteiger partial charge in [0, 0.05) is 49.8 Å². The number of nitrogens with zero attached hydrogens (tertiary/aromatic N) is 3. The van der Waals surface area contributed by atoms with Crippen molar-refractivity contribution in [2.45, 2.75) is 6.42 Å². The van der Waals surface area contributed by atoms with E-state index in [1.807, 2.05) is 97.1 Å². The third-order valence-corrected chi connectivity index (χ3v) is 7.98. The van der Waals surface area contributed by atoms with Gasteiger partial charge in [-0.05, 0) is 61.2 Å². The first-order chi connectivity index (χ1) is 23.4. The molecule has 0 aliphatic rings. The van der Waals surface area contributed by atoms with E-state index in [9.17, 15) is 9.59 Å². The van der Waals surface area contributed by atoms with Crippen LogP contribution in [-0.2, 0) is 6.42 Å². The van der Waals surface area contributed by atoms with Gasteiger partial charge in [-0.2, -0.15) is 0 Å². The number of aldehydes is 1. The molecule has 4 aromatic carbocycles. The van der Waals surface area contributed by atoms with Gasteiger partial charge in [0.25, 0.3) is 0 Å². The number of anilines is 1. The second kappa shape index (κ2) is 17.0. The van der Waals surface area contributed by atoms with Crippen molar-refractivity contribution in [1.29, 1.82) is 0 Å². The Hall–Kier alpha value is -5.31. The maximum Gasteiger partial charge on any atom is 0.167 e. The monoisotopic (exact) mass is 756 g/mol. The number of fused-ring (bicyclic) bond motifs is 1. The first kappa shape index (κ1) is 34.0. The molecule has 8 heteroatoms. The Bertz CT molecular complexity index is 2110. The molecule has 3 aromatic heterocycles. The summed E-state index contributed by atoms with van der Waals surface area (Å²) in [6, 6.07) is 45.6. The number of halogens is 2. The Morgan fingerprint density at radius 1 is 0.667 bits per heavy atom. The van der Waals surface area contributed by atoms with E-state index in [2.05, 4.69) is 78.2 Å². The van der Waals surface area contributed by atoms with Crippen molar-refractivity contribution >= 4 is 60.8 Å². The lowest BCUT2D eigenvalue weighted by Gasteiger charge is -2.11. The van der Waals surface area contributed by atoms with E-state index in [-0.39, 0.29) is 11.6 Å². The van der Waals surface area contributed by atoms with E-state index >= 15 is 0 Å². The topological polar surface area (TPSA) is 98.8 Å². The van der Waals surface area contributed by atoms with Crippen LogP contribution in [0.25, 0.3) is 33.4 Å². The van der Waals surface area contributed by atoms with Gasteiger partial charge >= 0.3 is 0 Å². The Morgan fingerprint density at radius 3 is 1.81 bits per heavy atom. The van der Waals surface area contributed by atoms with Crippen molar-refractivity contribution in [3.8, 4) is 22.4 Å². The highest BCUT2D eigenvalue weighted by Crippen LogP contribution is 2.33. The number of benzene rings is 4. The summed E-state index contributed by atoms with van der Waals surface area (Å²) in [5, 5.41) is 1.03. The summed E-state index contributed by atoms with van der Waals surface area (Å²) in [6.07, 6.45) is 4.48. The average molecular weight is 759 g/mol. The number of hydrogen-bond acceptors (Lipinski definition) is 6. The fourth-order valence-corrected chi connectivity index (χ4v) is 5.46. The largest absolute Gasteiger partial charge is 0.383 e. The third-order valence-electron chi connectivity index (χ3n) is 7.11. The molecule has 7 aromatic rings. The lowest BCUT2D eigenvalue weighted by Crippen LogP contribution is -2.02. The summed E-state index contributed by atoms with van der Waals surface area (Å²) in [5.74, 6) is 0.431. The van der Waals surface area contributed by atoms with Gasteiger partial charge in [-0.25, -0.2) is 15.0 Å². The summed E-state index contributed by atoms with van der Waals surface area (Å²) in [7, 11) is 0. The molecule has 3 heterocycles. The van der Waals surface area contributed by atoms with Crippen LogP contribution in [0, 0.1) is 0 Å². The van der Waals surface area contributed by atoms with Crippen molar-refractivity contribution in [1.82, 2.24) is 15.0 Å². The van der Waals surface area contributed by atoms with Crippen molar-refractivity contribution < 1.29 is 9.59 Å². The van der Waals surface area contributed by atoms with Crippen LogP contribution in [0.4, 0.5) is 5.82 Å². The predicted octanol–water partition coefficient (Wildman–Crippen LogP) is 10.1. The zero-order valence-electron chi connectivity index (χ0n) is 25.7. The molecule has 0 unspecified atom stereocenters. The van der Waals surface area contributed by atoms with E-state index in [1.54, 1.807) is 18.5 Å². The van der Waals surface area contributed by atoms with E-state index in [4.69, 9.17) is 10.7 Å². The van der Waals surface area contributed by atoms with Crippen molar-refractivity contribution in [2.75, 3.05) is 5.73 Å². The molecule has 7 rings (SSSR count). The number of hydrogen-bond donors (Lipinski definition) is 1. The Labute approximate surface area is 296 Å². The van der Waals surface area contributed by atoms with Gasteiger partial charge in [0.1, 0.15) is 5.82 Å². The number of aromatic nitrogens is 3. The van der Waals surface area contributed by atoms with Crippen LogP contribution in [0.1, 0.15) is 26.3 Å². The van der Waals surface area contributed by atoms with Gasteiger partial charge in [0.05, 0.1) is 11.3 Å². The molecule has 0 radical (unpaired) electrons. The number of carbonyl (C=O) groups excluding carboxylic acids is 2. The van der Waals surface area contributed by atoms with Gasteiger partial charge in [-0.15, -0.1) is 0 Å². The lowest BCUT2D eigenvalue weighted by molar-refractivity contribution is 0.0992. The number of rotatable bonds is 6. The highest BCUT2D eigenvalue weighted by molar-refractivity contribution is 9.10. The van der Waals surface area contributed by atoms with Crippen LogP contribution in [0.3, 0.4) is 0 Å². The van der Waals surface area contributed by atoms with Crippen molar-refractivity contribution in [3.63, 3.8) is 0 Å². The van der Waals surface area contributed by atoms with Crippen LogP contribution in [0.5, 0.6) is 0 Å². The molecule has 48 heavy (non-hydrogen) atoms. The maximum absolute atomic E-state index is 11.8. The minimum atomic E-state index is 0.168. The minimum Gasteiger partial charge on any atom is -0.383 e. The summed E-state index contributed by atoms with van der Waals surface area (Å²) < 4.78 is 1.71. The molecule has 0 aliphatic heterocycles. The highest BCUT2D eigenvalue weighted by atomic mass is 79.9. The van der Waals surface area contributed by atoms with Crippen LogP contribution in [0.2, 0.25) is 0 Å². The van der Waals surface area contributed by atoms with Crippen LogP contribution >= 0.6 is 31.9 Å². The summed E-state index contributed by atoms with van der Waals surface area (Å²) in [6.45, 7) is 0. The normalized spacial score (nSPS) is 10.2. The molecule has 0 saturated carbocycles. The molecule has 2 N–H and O–H groups in total. The number of pyridine rings is 3. The van der Waals surface area contributed by atoms with E-state index in [1.165, 1.54) is 0 Å². The zero-order chi connectivity index (χ0) is 33.7. The second-order valence-corrected chi connectivity index (χ2v) is 12.3. The number of ketones is 1. The third kappa shape index (κ3) is 9.37. The first-order valence-corrected chi connectivity index (χ1v) is 16.6. The van der Waals surface area contributed by atoms with Gasteiger partial charge in [-0.1, -0.05) is 121 Å². The zero-order valence-corrected chi connectivity index (χ0v) is 28.9. The molecule has 0 saturated heterocycles. The number of nitrogen functional groups attached to an aromatic ring is 1. The van der Waals surface area contributed by atoms with Crippen molar-refractivity contribution in [3.05, 3.63) is 178 Å². The maximum atomic E-state index is 11.8. The van der Waals surface area contributed by atoms with Gasteiger partial charge in [0.2, 0.25) is 0 Å². The molecule has 0 atom stereocenters. The molecule has 0 fully saturated rings. The Morgan fingerprint density at radius 2 is 1.21 bits per heavy atom. The number of Topliss-reactive ketones (excluding diaryl/α,β-unsaturated/α-hetero) is 1. The summed E-state index contributed by atoms with van der Waals surface area (Å²) in [5.41, 5.74) is 12.7. The van der Waals surface area contributed by atoms with Crippen molar-refractivity contribution in [2.24, 2.45) is 0 Å². The highest BCUT2D eigenvalue weighted by Gasteiger charge is 2.12. The second-order valence-electron chi connectivity index (χ2n) is 10.5. The van der Waals surface area contributed by atoms with E-state index < -0.39 is 0 Å². The van der Waals surface area contributed by atoms with Crippen LogP contribution < -0.4 is 5.73 Å². The lowest BCUT2D eigenvalue weighted by atomic mass is 9.98. The summed E-state index contributed by atoms with van der Waals surface area (Å²) in [4.78, 5) is 35.1. The quantitative estimate of drug-likeness (QED) is 0.134. The van der Waals surface area contributed by atoms with Gasteiger partial charge in [-0.3, -0.25) is 9.59 Å². The molecule has 0 bridgehead atoms. The first-order valence-electron chi connectivity index (χ1n) is 15.0. The van der Waals surface area contributed by atoms with Gasteiger partial charge < -0.3 is 5.73 Å².